The van der Waals surface area contributed by atoms with Crippen molar-refractivity contribution < 1.29 is 0 Å². The fourth-order valence-corrected chi connectivity index (χ4v) is 7.97. The largest absolute Gasteiger partial charge is 0.312 e. The first kappa shape index (κ1) is 25.5. The van der Waals surface area contributed by atoms with E-state index in [1.54, 1.807) is 0 Å². The third kappa shape index (κ3) is 3.59. The Morgan fingerprint density at radius 2 is 1.20 bits per heavy atom. The van der Waals surface area contributed by atoms with Gasteiger partial charge in [-0.05, 0) is 77.2 Å². The molecule has 0 N–H and O–H groups in total. The fraction of sp³-hybridized carbons (Fsp3) is 0.0455. The summed E-state index contributed by atoms with van der Waals surface area (Å²) in [5, 5.41) is 8.99. The fourth-order valence-electron chi connectivity index (χ4n) is 7.97. The van der Waals surface area contributed by atoms with Gasteiger partial charge in [-0.1, -0.05) is 115 Å². The lowest BCUT2D eigenvalue weighted by Gasteiger charge is -2.17. The summed E-state index contributed by atoms with van der Waals surface area (Å²) in [5.41, 5.74) is 11.5. The summed E-state index contributed by atoms with van der Waals surface area (Å²) in [6.45, 7) is 0. The van der Waals surface area contributed by atoms with Crippen LogP contribution < -0.4 is 0 Å². The van der Waals surface area contributed by atoms with Gasteiger partial charge in [-0.3, -0.25) is 0 Å². The highest BCUT2D eigenvalue weighted by Gasteiger charge is 2.23. The molecule has 2 heterocycles. The molecule has 1 aliphatic rings. The average molecular weight is 587 g/mol. The van der Waals surface area contributed by atoms with E-state index in [9.17, 15) is 0 Å². The van der Waals surface area contributed by atoms with E-state index in [0.29, 0.717) is 0 Å². The molecular formula is C44H30N2. The Morgan fingerprint density at radius 3 is 2.09 bits per heavy atom. The second-order valence-corrected chi connectivity index (χ2v) is 12.4. The molecule has 0 unspecified atom stereocenters. The minimum atomic E-state index is 1.03. The highest BCUT2D eigenvalue weighted by molar-refractivity contribution is 6.17. The molecule has 2 heteroatoms. The number of aromatic nitrogens is 2. The molecule has 0 amide bonds. The predicted molar refractivity (Wildman–Crippen MR) is 195 cm³/mol. The van der Waals surface area contributed by atoms with Gasteiger partial charge in [0.15, 0.2) is 0 Å². The van der Waals surface area contributed by atoms with Gasteiger partial charge in [0.05, 0.1) is 22.2 Å². The Bertz CT molecular complexity index is 2680. The Hall–Kier alpha value is -5.86. The molecule has 0 atom stereocenters. The van der Waals surface area contributed by atoms with Gasteiger partial charge in [0.1, 0.15) is 0 Å². The standard InChI is InChI=1S/C44H30N2/c1-2-15-31(16-3-1)45-41-22-10-8-19-34(41)38-27-30(25-26-43(38)45)37-28-39-35-20-9-11-23-42(35)46(44(39)36-21-7-6-18-33(36)37)40-24-12-14-29-13-4-5-17-32(29)40/h1-10,12-22,24-28H,11,23H2. The van der Waals surface area contributed by atoms with Crippen molar-refractivity contribution in [3.05, 3.63) is 163 Å². The van der Waals surface area contributed by atoms with Crippen LogP contribution in [-0.4, -0.2) is 9.13 Å². The van der Waals surface area contributed by atoms with Gasteiger partial charge in [0, 0.05) is 43.9 Å². The van der Waals surface area contributed by atoms with Crippen LogP contribution in [0.25, 0.3) is 82.8 Å². The summed E-state index contributed by atoms with van der Waals surface area (Å²) < 4.78 is 4.96. The lowest BCUT2D eigenvalue weighted by molar-refractivity contribution is 0.893. The average Bonchev–Trinajstić information content (AvgIpc) is 3.64. The van der Waals surface area contributed by atoms with E-state index >= 15 is 0 Å². The molecule has 0 bridgehead atoms. The Labute approximate surface area is 267 Å². The molecule has 0 saturated carbocycles. The number of para-hydroxylation sites is 2. The lowest BCUT2D eigenvalue weighted by atomic mass is 9.93. The van der Waals surface area contributed by atoms with Crippen LogP contribution in [0, 0.1) is 0 Å². The second kappa shape index (κ2) is 9.82. The number of hydrogen-bond acceptors (Lipinski definition) is 0. The Balaban J connectivity index is 1.29. The van der Waals surface area contributed by atoms with Crippen LogP contribution in [0.3, 0.4) is 0 Å². The van der Waals surface area contributed by atoms with Gasteiger partial charge in [-0.25, -0.2) is 0 Å². The molecule has 0 fully saturated rings. The summed E-state index contributed by atoms with van der Waals surface area (Å²) in [4.78, 5) is 0. The summed E-state index contributed by atoms with van der Waals surface area (Å²) in [6.07, 6.45) is 6.78. The molecule has 2 nitrogen and oxygen atoms in total. The van der Waals surface area contributed by atoms with Crippen LogP contribution >= 0.6 is 0 Å². The SMILES string of the molecule is C1=Cc2c(n(-c3cccc4ccccc34)c3c2cc(-c2ccc4c(c2)c2ccccc2n4-c2ccccc2)c2ccccc23)CC1. The molecule has 0 spiro atoms. The first-order chi connectivity index (χ1) is 22.8. The van der Waals surface area contributed by atoms with Crippen LogP contribution in [0.2, 0.25) is 0 Å². The lowest BCUT2D eigenvalue weighted by Crippen LogP contribution is -2.03. The number of fused-ring (bicyclic) bond motifs is 9. The highest BCUT2D eigenvalue weighted by atomic mass is 15.0. The summed E-state index contributed by atoms with van der Waals surface area (Å²) in [7, 11) is 0. The minimum absolute atomic E-state index is 1.03. The molecule has 10 rings (SSSR count). The molecular weight excluding hydrogens is 556 g/mol. The van der Waals surface area contributed by atoms with Crippen molar-refractivity contribution in [2.45, 2.75) is 12.8 Å². The van der Waals surface area contributed by atoms with E-state index in [0.717, 1.165) is 12.8 Å². The third-order valence-corrected chi connectivity index (χ3v) is 9.95. The van der Waals surface area contributed by atoms with Crippen LogP contribution in [0.5, 0.6) is 0 Å². The number of allylic oxidation sites excluding steroid dienone is 1. The van der Waals surface area contributed by atoms with Gasteiger partial charge in [0.2, 0.25) is 0 Å². The summed E-state index contributed by atoms with van der Waals surface area (Å²) in [6, 6.07) is 53.5. The van der Waals surface area contributed by atoms with E-state index in [1.165, 1.54) is 88.0 Å². The zero-order valence-electron chi connectivity index (χ0n) is 25.3. The molecule has 1 aliphatic carbocycles. The number of benzene rings is 7. The van der Waals surface area contributed by atoms with Gasteiger partial charge < -0.3 is 9.13 Å². The summed E-state index contributed by atoms with van der Waals surface area (Å²) >= 11 is 0. The Kier molecular flexibility index (Phi) is 5.44. The van der Waals surface area contributed by atoms with E-state index in [4.69, 9.17) is 0 Å². The molecule has 9 aromatic rings. The molecule has 0 radical (unpaired) electrons. The Morgan fingerprint density at radius 1 is 0.478 bits per heavy atom. The van der Waals surface area contributed by atoms with Crippen molar-refractivity contribution in [2.24, 2.45) is 0 Å². The van der Waals surface area contributed by atoms with Crippen molar-refractivity contribution in [3.8, 4) is 22.5 Å². The van der Waals surface area contributed by atoms with Crippen LogP contribution in [0.15, 0.2) is 152 Å². The van der Waals surface area contributed by atoms with Crippen molar-refractivity contribution in [1.29, 1.82) is 0 Å². The maximum absolute atomic E-state index is 2.57. The van der Waals surface area contributed by atoms with Crippen molar-refractivity contribution >= 4 is 60.3 Å². The van der Waals surface area contributed by atoms with Gasteiger partial charge >= 0.3 is 0 Å². The number of nitrogens with zero attached hydrogens (tertiary/aromatic N) is 2. The van der Waals surface area contributed by atoms with Crippen molar-refractivity contribution in [1.82, 2.24) is 9.13 Å². The molecule has 0 saturated heterocycles. The smallest absolute Gasteiger partial charge is 0.0616 e. The second-order valence-electron chi connectivity index (χ2n) is 12.4. The first-order valence-corrected chi connectivity index (χ1v) is 16.2. The van der Waals surface area contributed by atoms with Gasteiger partial charge in [0.25, 0.3) is 0 Å². The predicted octanol–water partition coefficient (Wildman–Crippen LogP) is 11.7. The molecule has 46 heavy (non-hydrogen) atoms. The van der Waals surface area contributed by atoms with Crippen molar-refractivity contribution in [3.63, 3.8) is 0 Å². The summed E-state index contributed by atoms with van der Waals surface area (Å²) in [5.74, 6) is 0. The molecule has 7 aromatic carbocycles. The normalized spacial score (nSPS) is 13.0. The maximum atomic E-state index is 2.57. The third-order valence-electron chi connectivity index (χ3n) is 9.95. The zero-order valence-corrected chi connectivity index (χ0v) is 25.3. The minimum Gasteiger partial charge on any atom is -0.312 e. The molecule has 216 valence electrons. The maximum Gasteiger partial charge on any atom is 0.0616 e. The van der Waals surface area contributed by atoms with E-state index < -0.39 is 0 Å². The van der Waals surface area contributed by atoms with E-state index in [1.807, 2.05) is 0 Å². The highest BCUT2D eigenvalue weighted by Crippen LogP contribution is 2.44. The van der Waals surface area contributed by atoms with Crippen molar-refractivity contribution in [2.75, 3.05) is 0 Å². The topological polar surface area (TPSA) is 9.86 Å². The monoisotopic (exact) mass is 586 g/mol. The molecule has 2 aromatic heterocycles. The number of rotatable bonds is 3. The van der Waals surface area contributed by atoms with Crippen LogP contribution in [-0.2, 0) is 6.42 Å². The van der Waals surface area contributed by atoms with E-state index in [-0.39, 0.29) is 0 Å². The number of hydrogen-bond donors (Lipinski definition) is 0. The first-order valence-electron chi connectivity index (χ1n) is 16.2. The molecule has 0 aliphatic heterocycles. The quantitative estimate of drug-likeness (QED) is 0.195. The van der Waals surface area contributed by atoms with Gasteiger partial charge in [-0.15, -0.1) is 0 Å². The van der Waals surface area contributed by atoms with Crippen LogP contribution in [0.1, 0.15) is 17.7 Å². The van der Waals surface area contributed by atoms with E-state index in [2.05, 4.69) is 167 Å². The van der Waals surface area contributed by atoms with Gasteiger partial charge in [-0.2, -0.15) is 0 Å². The zero-order chi connectivity index (χ0) is 30.2. The van der Waals surface area contributed by atoms with Crippen LogP contribution in [0.4, 0.5) is 0 Å².